The van der Waals surface area contributed by atoms with Gasteiger partial charge in [-0.3, -0.25) is 0 Å². The molecule has 1 aliphatic rings. The highest BCUT2D eigenvalue weighted by molar-refractivity contribution is 7.90. The molecule has 0 aromatic heterocycles. The maximum absolute atomic E-state index is 14.4. The quantitative estimate of drug-likeness (QED) is 0.850. The lowest BCUT2D eigenvalue weighted by atomic mass is 9.91. The van der Waals surface area contributed by atoms with Crippen LogP contribution < -0.4 is 5.32 Å². The number of amidine groups is 1. The van der Waals surface area contributed by atoms with Gasteiger partial charge in [0.15, 0.2) is 0 Å². The predicted octanol–water partition coefficient (Wildman–Crippen LogP) is 3.69. The Hall–Kier alpha value is -1.92. The van der Waals surface area contributed by atoms with E-state index in [1.165, 1.54) is 6.07 Å². The van der Waals surface area contributed by atoms with Crippen molar-refractivity contribution >= 4 is 32.6 Å². The summed E-state index contributed by atoms with van der Waals surface area (Å²) in [6.07, 6.45) is 0. The molecule has 0 unspecified atom stereocenters. The molecule has 1 N–H and O–H groups in total. The summed E-state index contributed by atoms with van der Waals surface area (Å²) in [4.78, 5) is -0.0731. The Kier molecular flexibility index (Phi) is 3.66. The summed E-state index contributed by atoms with van der Waals surface area (Å²) >= 11 is 5.74. The number of hydrogen-bond acceptors (Lipinski definition) is 3. The number of halogens is 2. The van der Waals surface area contributed by atoms with Gasteiger partial charge < -0.3 is 5.32 Å². The third-order valence-electron chi connectivity index (χ3n) is 3.59. The van der Waals surface area contributed by atoms with Crippen molar-refractivity contribution < 1.29 is 12.8 Å². The first kappa shape index (κ1) is 15.0. The molecule has 1 heterocycles. The summed E-state index contributed by atoms with van der Waals surface area (Å²) in [6.45, 7) is 1.81. The minimum atomic E-state index is -3.92. The van der Waals surface area contributed by atoms with Gasteiger partial charge in [-0.05, 0) is 29.3 Å². The number of benzene rings is 2. The van der Waals surface area contributed by atoms with Gasteiger partial charge in [0, 0.05) is 11.5 Å². The minimum absolute atomic E-state index is 0.0731. The Morgan fingerprint density at radius 1 is 1.18 bits per heavy atom. The fourth-order valence-electron chi connectivity index (χ4n) is 2.53. The first-order valence-electron chi connectivity index (χ1n) is 6.55. The molecule has 1 atom stereocenters. The molecular weight excluding hydrogens is 327 g/mol. The van der Waals surface area contributed by atoms with Gasteiger partial charge in [-0.1, -0.05) is 37.3 Å². The molecule has 0 saturated carbocycles. The molecule has 22 heavy (non-hydrogen) atoms. The van der Waals surface area contributed by atoms with Crippen LogP contribution in [0.15, 0.2) is 51.8 Å². The van der Waals surface area contributed by atoms with Gasteiger partial charge in [0.25, 0.3) is 10.0 Å². The molecule has 2 aromatic rings. The van der Waals surface area contributed by atoms with Crippen molar-refractivity contribution in [1.82, 2.24) is 0 Å². The lowest BCUT2D eigenvalue weighted by Crippen LogP contribution is -2.20. The lowest BCUT2D eigenvalue weighted by molar-refractivity contribution is 0.592. The zero-order valence-electron chi connectivity index (χ0n) is 11.5. The van der Waals surface area contributed by atoms with Crippen LogP contribution in [0.25, 0.3) is 0 Å². The van der Waals surface area contributed by atoms with E-state index in [1.54, 1.807) is 0 Å². The normalized spacial score (nSPS) is 17.1. The van der Waals surface area contributed by atoms with Gasteiger partial charge in [0.05, 0.1) is 5.69 Å². The van der Waals surface area contributed by atoms with Crippen molar-refractivity contribution in [2.75, 3.05) is 5.32 Å². The molecule has 1 aliphatic heterocycles. The molecular formula is C15H12ClFN2O2S. The second kappa shape index (κ2) is 5.37. The molecule has 0 spiro atoms. The van der Waals surface area contributed by atoms with Crippen LogP contribution in [0.1, 0.15) is 24.0 Å². The third kappa shape index (κ3) is 2.48. The van der Waals surface area contributed by atoms with Crippen LogP contribution in [-0.2, 0) is 10.0 Å². The number of sulfonamides is 1. The number of rotatable bonds is 2. The number of nitrogens with one attached hydrogen (secondary N) is 1. The van der Waals surface area contributed by atoms with Gasteiger partial charge in [-0.2, -0.15) is 8.42 Å². The summed E-state index contributed by atoms with van der Waals surface area (Å²) < 4.78 is 41.9. The standard InChI is InChI=1S/C15H12ClFN2O2S/c1-9(10-5-3-2-4-6-10)13-11(17)7-8-12-14(13)18-15(16)19-22(12,20)21/h2-9H,1H3,(H,18,19)/t9-/m1/s1. The van der Waals surface area contributed by atoms with Crippen LogP contribution in [0.5, 0.6) is 0 Å². The second-order valence-corrected chi connectivity index (χ2v) is 6.88. The highest BCUT2D eigenvalue weighted by Crippen LogP contribution is 2.39. The Bertz CT molecular complexity index is 867. The molecule has 0 radical (unpaired) electrons. The van der Waals surface area contributed by atoms with Crippen LogP contribution in [-0.4, -0.2) is 13.7 Å². The van der Waals surface area contributed by atoms with Gasteiger partial charge in [-0.15, -0.1) is 4.40 Å². The maximum atomic E-state index is 14.4. The zero-order valence-corrected chi connectivity index (χ0v) is 13.1. The number of fused-ring (bicyclic) bond motifs is 1. The molecule has 114 valence electrons. The van der Waals surface area contributed by atoms with Crippen molar-refractivity contribution in [3.8, 4) is 0 Å². The molecule has 2 aromatic carbocycles. The average Bonchev–Trinajstić information content (AvgIpc) is 2.46. The Balaban J connectivity index is 2.23. The fourth-order valence-corrected chi connectivity index (χ4v) is 3.91. The Morgan fingerprint density at radius 2 is 1.86 bits per heavy atom. The van der Waals surface area contributed by atoms with E-state index in [-0.39, 0.29) is 27.4 Å². The molecule has 3 rings (SSSR count). The van der Waals surface area contributed by atoms with E-state index in [2.05, 4.69) is 9.71 Å². The van der Waals surface area contributed by atoms with Crippen LogP contribution in [0.4, 0.5) is 10.1 Å². The van der Waals surface area contributed by atoms with E-state index in [0.717, 1.165) is 11.6 Å². The highest BCUT2D eigenvalue weighted by Gasteiger charge is 2.30. The zero-order chi connectivity index (χ0) is 15.9. The molecule has 0 amide bonds. The smallest absolute Gasteiger partial charge is 0.287 e. The van der Waals surface area contributed by atoms with Crippen molar-refractivity contribution in [1.29, 1.82) is 0 Å². The first-order valence-corrected chi connectivity index (χ1v) is 8.37. The van der Waals surface area contributed by atoms with Crippen LogP contribution in [0.3, 0.4) is 0 Å². The van der Waals surface area contributed by atoms with E-state index in [1.807, 2.05) is 37.3 Å². The molecule has 0 aliphatic carbocycles. The maximum Gasteiger partial charge on any atom is 0.287 e. The van der Waals surface area contributed by atoms with E-state index < -0.39 is 15.8 Å². The average molecular weight is 339 g/mol. The fraction of sp³-hybridized carbons (Fsp3) is 0.133. The van der Waals surface area contributed by atoms with Crippen LogP contribution in [0, 0.1) is 5.82 Å². The van der Waals surface area contributed by atoms with Gasteiger partial charge >= 0.3 is 0 Å². The number of anilines is 1. The lowest BCUT2D eigenvalue weighted by Gasteiger charge is -2.22. The molecule has 0 bridgehead atoms. The summed E-state index contributed by atoms with van der Waals surface area (Å²) in [5.74, 6) is -0.842. The molecule has 0 saturated heterocycles. The third-order valence-corrected chi connectivity index (χ3v) is 5.19. The van der Waals surface area contributed by atoms with Crippen molar-refractivity contribution in [3.63, 3.8) is 0 Å². The van der Waals surface area contributed by atoms with Gasteiger partial charge in [-0.25, -0.2) is 4.39 Å². The highest BCUT2D eigenvalue weighted by atomic mass is 35.5. The Morgan fingerprint density at radius 3 is 2.55 bits per heavy atom. The van der Waals surface area contributed by atoms with Gasteiger partial charge in [0.2, 0.25) is 5.29 Å². The van der Waals surface area contributed by atoms with E-state index in [9.17, 15) is 12.8 Å². The second-order valence-electron chi connectivity index (χ2n) is 4.95. The number of nitrogens with zero attached hydrogens (tertiary/aromatic N) is 1. The number of hydrogen-bond donors (Lipinski definition) is 1. The van der Waals surface area contributed by atoms with Gasteiger partial charge in [0.1, 0.15) is 10.7 Å². The predicted molar refractivity (Wildman–Crippen MR) is 84.5 cm³/mol. The summed E-state index contributed by atoms with van der Waals surface area (Å²) in [6, 6.07) is 11.6. The monoisotopic (exact) mass is 338 g/mol. The van der Waals surface area contributed by atoms with Crippen LogP contribution in [0.2, 0.25) is 0 Å². The molecule has 0 fully saturated rings. The largest absolute Gasteiger partial charge is 0.328 e. The SMILES string of the molecule is C[C@H](c1ccccc1)c1c(F)ccc2c1NC(Cl)=NS2(=O)=O. The van der Waals surface area contributed by atoms with E-state index in [4.69, 9.17) is 11.6 Å². The summed E-state index contributed by atoms with van der Waals surface area (Å²) in [5, 5.41) is 2.38. The Labute approximate surface area is 132 Å². The van der Waals surface area contributed by atoms with Crippen LogP contribution >= 0.6 is 11.6 Å². The molecule has 4 nitrogen and oxygen atoms in total. The molecule has 7 heteroatoms. The van der Waals surface area contributed by atoms with Crippen molar-refractivity contribution in [2.45, 2.75) is 17.7 Å². The minimum Gasteiger partial charge on any atom is -0.328 e. The van der Waals surface area contributed by atoms with Crippen molar-refractivity contribution in [3.05, 3.63) is 59.4 Å². The summed E-state index contributed by atoms with van der Waals surface area (Å²) in [7, 11) is -3.92. The van der Waals surface area contributed by atoms with E-state index >= 15 is 0 Å². The first-order chi connectivity index (χ1) is 10.4. The summed E-state index contributed by atoms with van der Waals surface area (Å²) in [5.41, 5.74) is 1.27. The topological polar surface area (TPSA) is 58.5 Å². The van der Waals surface area contributed by atoms with E-state index in [0.29, 0.717) is 0 Å². The van der Waals surface area contributed by atoms with Crippen molar-refractivity contribution in [2.24, 2.45) is 4.40 Å².